The van der Waals surface area contributed by atoms with Crippen LogP contribution in [-0.4, -0.2) is 55.0 Å². The lowest BCUT2D eigenvalue weighted by Gasteiger charge is -2.39. The van der Waals surface area contributed by atoms with Crippen LogP contribution < -0.4 is 14.2 Å². The van der Waals surface area contributed by atoms with E-state index >= 15 is 0 Å². The molecule has 28 heavy (non-hydrogen) atoms. The van der Waals surface area contributed by atoms with Crippen LogP contribution >= 0.6 is 0 Å². The van der Waals surface area contributed by atoms with Crippen molar-refractivity contribution < 1.29 is 34.6 Å². The number of aromatic hydroxyl groups is 2. The monoisotopic (exact) mass is 390 g/mol. The number of aliphatic hydroxyl groups is 2. The fourth-order valence-electron chi connectivity index (χ4n) is 4.24. The van der Waals surface area contributed by atoms with E-state index in [9.17, 15) is 20.4 Å². The first-order chi connectivity index (χ1) is 13.5. The SMILES string of the molecule is COc1cc(C2c3c(cc(OC)c(O)c3OC)CC(CO)C2CO)ccc1O. The molecule has 0 radical (unpaired) electrons. The van der Waals surface area contributed by atoms with Gasteiger partial charge in [0, 0.05) is 24.7 Å². The van der Waals surface area contributed by atoms with Gasteiger partial charge in [-0.25, -0.2) is 0 Å². The Hall–Kier alpha value is -2.64. The van der Waals surface area contributed by atoms with Gasteiger partial charge in [0.15, 0.2) is 23.0 Å². The molecule has 0 bridgehead atoms. The number of methoxy groups -OCH3 is 3. The maximum absolute atomic E-state index is 10.6. The van der Waals surface area contributed by atoms with Crippen molar-refractivity contribution in [2.24, 2.45) is 11.8 Å². The number of hydrogen-bond donors (Lipinski definition) is 4. The average Bonchev–Trinajstić information content (AvgIpc) is 2.72. The van der Waals surface area contributed by atoms with E-state index in [0.29, 0.717) is 12.2 Å². The smallest absolute Gasteiger partial charge is 0.201 e. The van der Waals surface area contributed by atoms with E-state index in [0.717, 1.165) is 16.7 Å². The molecule has 3 rings (SSSR count). The largest absolute Gasteiger partial charge is 0.504 e. The van der Waals surface area contributed by atoms with Crippen molar-refractivity contribution in [3.05, 3.63) is 41.0 Å². The van der Waals surface area contributed by atoms with Gasteiger partial charge in [-0.1, -0.05) is 6.07 Å². The summed E-state index contributed by atoms with van der Waals surface area (Å²) in [5, 5.41) is 40.7. The van der Waals surface area contributed by atoms with Gasteiger partial charge >= 0.3 is 0 Å². The van der Waals surface area contributed by atoms with E-state index in [1.165, 1.54) is 27.4 Å². The zero-order chi connectivity index (χ0) is 20.4. The summed E-state index contributed by atoms with van der Waals surface area (Å²) in [5.74, 6) is -0.122. The van der Waals surface area contributed by atoms with E-state index in [1.54, 1.807) is 18.2 Å². The second kappa shape index (κ2) is 8.16. The number of rotatable bonds is 6. The molecular weight excluding hydrogens is 364 g/mol. The van der Waals surface area contributed by atoms with Gasteiger partial charge in [0.2, 0.25) is 5.75 Å². The molecule has 3 atom stereocenters. The summed E-state index contributed by atoms with van der Waals surface area (Å²) in [5.41, 5.74) is 2.38. The minimum atomic E-state index is -0.382. The summed E-state index contributed by atoms with van der Waals surface area (Å²) < 4.78 is 16.0. The molecule has 0 fully saturated rings. The van der Waals surface area contributed by atoms with Gasteiger partial charge in [0.05, 0.1) is 21.3 Å². The average molecular weight is 390 g/mol. The Morgan fingerprint density at radius 3 is 2.21 bits per heavy atom. The van der Waals surface area contributed by atoms with E-state index in [1.807, 2.05) is 0 Å². The molecule has 0 spiro atoms. The first kappa shape index (κ1) is 20.1. The molecule has 2 aromatic carbocycles. The second-order valence-corrected chi connectivity index (χ2v) is 6.94. The summed E-state index contributed by atoms with van der Waals surface area (Å²) in [6, 6.07) is 6.72. The third kappa shape index (κ3) is 3.21. The van der Waals surface area contributed by atoms with Gasteiger partial charge < -0.3 is 34.6 Å². The number of phenolic OH excluding ortho intramolecular Hbond substituents is 2. The molecule has 0 saturated carbocycles. The van der Waals surface area contributed by atoms with Crippen molar-refractivity contribution in [2.75, 3.05) is 34.5 Å². The molecule has 7 nitrogen and oxygen atoms in total. The molecule has 1 aliphatic rings. The molecule has 1 aliphatic carbocycles. The van der Waals surface area contributed by atoms with Gasteiger partial charge in [-0.3, -0.25) is 0 Å². The zero-order valence-corrected chi connectivity index (χ0v) is 16.2. The standard InChI is InChI=1S/C21H26O7/c1-26-16-7-11(4-5-15(16)24)18-14(10-23)13(9-22)6-12-8-17(27-2)20(25)21(28-3)19(12)18/h4-5,7-8,13-14,18,22-25H,6,9-10H2,1-3H3. The number of phenols is 2. The predicted molar refractivity (Wildman–Crippen MR) is 103 cm³/mol. The van der Waals surface area contributed by atoms with Crippen LogP contribution in [0.15, 0.2) is 24.3 Å². The Balaban J connectivity index is 2.29. The fourth-order valence-corrected chi connectivity index (χ4v) is 4.24. The van der Waals surface area contributed by atoms with Crippen molar-refractivity contribution in [3.8, 4) is 28.7 Å². The molecule has 0 aromatic heterocycles. The lowest BCUT2D eigenvalue weighted by atomic mass is 9.66. The fraction of sp³-hybridized carbons (Fsp3) is 0.429. The molecule has 2 aromatic rings. The maximum Gasteiger partial charge on any atom is 0.201 e. The van der Waals surface area contributed by atoms with Crippen LogP contribution in [0.3, 0.4) is 0 Å². The topological polar surface area (TPSA) is 109 Å². The quantitative estimate of drug-likeness (QED) is 0.598. The number of benzene rings is 2. The third-order valence-corrected chi connectivity index (χ3v) is 5.60. The predicted octanol–water partition coefficient (Wildman–Crippen LogP) is 2.03. The Kier molecular flexibility index (Phi) is 5.86. The van der Waals surface area contributed by atoms with Crippen LogP contribution in [0.5, 0.6) is 28.7 Å². The summed E-state index contributed by atoms with van der Waals surface area (Å²) in [7, 11) is 4.40. The highest BCUT2D eigenvalue weighted by Gasteiger charge is 2.40. The Morgan fingerprint density at radius 2 is 1.64 bits per heavy atom. The van der Waals surface area contributed by atoms with Gasteiger partial charge in [-0.05, 0) is 47.6 Å². The van der Waals surface area contributed by atoms with E-state index in [4.69, 9.17) is 14.2 Å². The van der Waals surface area contributed by atoms with E-state index in [-0.39, 0.29) is 54.0 Å². The Morgan fingerprint density at radius 1 is 0.929 bits per heavy atom. The van der Waals surface area contributed by atoms with Gasteiger partial charge in [-0.2, -0.15) is 0 Å². The summed E-state index contributed by atoms with van der Waals surface area (Å²) in [6.45, 7) is -0.254. The van der Waals surface area contributed by atoms with Gasteiger partial charge in [-0.15, -0.1) is 0 Å². The van der Waals surface area contributed by atoms with Crippen LogP contribution in [0.2, 0.25) is 0 Å². The highest BCUT2D eigenvalue weighted by molar-refractivity contribution is 5.62. The third-order valence-electron chi connectivity index (χ3n) is 5.60. The number of ether oxygens (including phenoxy) is 3. The maximum atomic E-state index is 10.6. The molecular formula is C21H26O7. The normalized spacial score (nSPS) is 21.1. The Bertz CT molecular complexity index is 849. The summed E-state index contributed by atoms with van der Waals surface area (Å²) in [6.07, 6.45) is 0.510. The van der Waals surface area contributed by atoms with Crippen LogP contribution in [-0.2, 0) is 6.42 Å². The highest BCUT2D eigenvalue weighted by Crippen LogP contribution is 2.53. The molecule has 0 aliphatic heterocycles. The molecule has 0 heterocycles. The highest BCUT2D eigenvalue weighted by atomic mass is 16.5. The van der Waals surface area contributed by atoms with Crippen LogP contribution in [0.25, 0.3) is 0 Å². The molecule has 0 saturated heterocycles. The summed E-state index contributed by atoms with van der Waals surface area (Å²) >= 11 is 0. The van der Waals surface area contributed by atoms with Crippen LogP contribution in [0, 0.1) is 11.8 Å². The zero-order valence-electron chi connectivity index (χ0n) is 16.2. The molecule has 4 N–H and O–H groups in total. The van der Waals surface area contributed by atoms with Crippen molar-refractivity contribution in [1.82, 2.24) is 0 Å². The number of fused-ring (bicyclic) bond motifs is 1. The first-order valence-corrected chi connectivity index (χ1v) is 9.05. The number of aliphatic hydroxyl groups excluding tert-OH is 2. The summed E-state index contributed by atoms with van der Waals surface area (Å²) in [4.78, 5) is 0. The van der Waals surface area contributed by atoms with Gasteiger partial charge in [0.1, 0.15) is 0 Å². The van der Waals surface area contributed by atoms with Crippen molar-refractivity contribution >= 4 is 0 Å². The van der Waals surface area contributed by atoms with Gasteiger partial charge in [0.25, 0.3) is 0 Å². The molecule has 7 heteroatoms. The number of hydrogen-bond acceptors (Lipinski definition) is 7. The van der Waals surface area contributed by atoms with Crippen molar-refractivity contribution in [2.45, 2.75) is 12.3 Å². The molecule has 3 unspecified atom stereocenters. The van der Waals surface area contributed by atoms with E-state index in [2.05, 4.69) is 0 Å². The van der Waals surface area contributed by atoms with Crippen molar-refractivity contribution in [1.29, 1.82) is 0 Å². The molecule has 0 amide bonds. The van der Waals surface area contributed by atoms with Crippen LogP contribution in [0.1, 0.15) is 22.6 Å². The Labute approximate surface area is 163 Å². The lowest BCUT2D eigenvalue weighted by molar-refractivity contribution is 0.1000. The van der Waals surface area contributed by atoms with Crippen LogP contribution in [0.4, 0.5) is 0 Å². The minimum Gasteiger partial charge on any atom is -0.504 e. The first-order valence-electron chi connectivity index (χ1n) is 9.05. The second-order valence-electron chi connectivity index (χ2n) is 6.94. The minimum absolute atomic E-state index is 0.00563. The molecule has 152 valence electrons. The van der Waals surface area contributed by atoms with E-state index < -0.39 is 0 Å². The van der Waals surface area contributed by atoms with Crippen molar-refractivity contribution in [3.63, 3.8) is 0 Å². The lowest BCUT2D eigenvalue weighted by Crippen LogP contribution is -2.35.